The second-order valence-electron chi connectivity index (χ2n) is 4.03. The van der Waals surface area contributed by atoms with Crippen LogP contribution in [0.1, 0.15) is 24.0 Å². The van der Waals surface area contributed by atoms with Gasteiger partial charge >= 0.3 is 6.03 Å². The zero-order valence-corrected chi connectivity index (χ0v) is 9.07. The molecule has 0 radical (unpaired) electrons. The van der Waals surface area contributed by atoms with E-state index < -0.39 is 0 Å². The summed E-state index contributed by atoms with van der Waals surface area (Å²) in [6, 6.07) is 7.77. The lowest BCUT2D eigenvalue weighted by molar-refractivity contribution is 0.239. The number of urea groups is 1. The topological polar surface area (TPSA) is 61.4 Å². The van der Waals surface area contributed by atoms with Gasteiger partial charge < -0.3 is 15.7 Å². The third kappa shape index (κ3) is 2.97. The van der Waals surface area contributed by atoms with Crippen molar-refractivity contribution in [2.75, 3.05) is 0 Å². The second kappa shape index (κ2) is 4.99. The van der Waals surface area contributed by atoms with Crippen LogP contribution in [0.4, 0.5) is 4.79 Å². The molecule has 1 saturated carbocycles. The summed E-state index contributed by atoms with van der Waals surface area (Å²) in [6.45, 7) is 0.456. The highest BCUT2D eigenvalue weighted by Gasteiger charge is 2.22. The Labute approximate surface area is 94.7 Å². The van der Waals surface area contributed by atoms with Crippen LogP contribution < -0.4 is 10.6 Å². The summed E-state index contributed by atoms with van der Waals surface area (Å²) in [5, 5.41) is 14.7. The van der Waals surface area contributed by atoms with E-state index in [4.69, 9.17) is 5.11 Å². The van der Waals surface area contributed by atoms with Gasteiger partial charge in [0.2, 0.25) is 0 Å². The fourth-order valence-electron chi connectivity index (χ4n) is 1.52. The number of aliphatic hydroxyl groups is 1. The van der Waals surface area contributed by atoms with Gasteiger partial charge in [0.1, 0.15) is 0 Å². The fourth-order valence-corrected chi connectivity index (χ4v) is 1.52. The normalized spacial score (nSPS) is 14.6. The molecule has 0 heterocycles. The van der Waals surface area contributed by atoms with Crippen LogP contribution >= 0.6 is 0 Å². The van der Waals surface area contributed by atoms with Crippen LogP contribution in [0, 0.1) is 0 Å². The van der Waals surface area contributed by atoms with Gasteiger partial charge in [-0.25, -0.2) is 4.79 Å². The first-order valence-electron chi connectivity index (χ1n) is 5.51. The molecule has 2 rings (SSSR count). The zero-order chi connectivity index (χ0) is 11.4. The van der Waals surface area contributed by atoms with Crippen molar-refractivity contribution < 1.29 is 9.90 Å². The van der Waals surface area contributed by atoms with Crippen molar-refractivity contribution in [1.82, 2.24) is 10.6 Å². The minimum absolute atomic E-state index is 0.00208. The summed E-state index contributed by atoms with van der Waals surface area (Å²) in [7, 11) is 0. The third-order valence-corrected chi connectivity index (χ3v) is 2.64. The number of rotatable bonds is 4. The maximum atomic E-state index is 11.4. The van der Waals surface area contributed by atoms with Crippen molar-refractivity contribution in [1.29, 1.82) is 0 Å². The minimum Gasteiger partial charge on any atom is -0.392 e. The van der Waals surface area contributed by atoms with Crippen LogP contribution in [-0.2, 0) is 13.2 Å². The molecule has 4 nitrogen and oxygen atoms in total. The largest absolute Gasteiger partial charge is 0.392 e. The number of nitrogens with one attached hydrogen (secondary N) is 2. The number of hydrogen-bond acceptors (Lipinski definition) is 2. The minimum atomic E-state index is -0.129. The Morgan fingerprint density at radius 2 is 2.00 bits per heavy atom. The van der Waals surface area contributed by atoms with Gasteiger partial charge in [0.15, 0.2) is 0 Å². The van der Waals surface area contributed by atoms with Gasteiger partial charge in [-0.3, -0.25) is 0 Å². The van der Waals surface area contributed by atoms with Gasteiger partial charge in [-0.1, -0.05) is 24.3 Å². The highest BCUT2D eigenvalue weighted by Crippen LogP contribution is 2.18. The van der Waals surface area contributed by atoms with E-state index in [9.17, 15) is 4.79 Å². The lowest BCUT2D eigenvalue weighted by Gasteiger charge is -2.09. The molecule has 0 unspecified atom stereocenters. The molecule has 1 aliphatic rings. The van der Waals surface area contributed by atoms with E-state index in [1.165, 1.54) is 0 Å². The summed E-state index contributed by atoms with van der Waals surface area (Å²) in [6.07, 6.45) is 2.17. The number of benzene rings is 1. The van der Waals surface area contributed by atoms with Crippen LogP contribution in [0.3, 0.4) is 0 Å². The predicted molar refractivity (Wildman–Crippen MR) is 60.8 cm³/mol. The number of carbonyl (C=O) groups excluding carboxylic acids is 1. The number of carbonyl (C=O) groups is 1. The Kier molecular flexibility index (Phi) is 3.41. The second-order valence-corrected chi connectivity index (χ2v) is 4.03. The van der Waals surface area contributed by atoms with Crippen LogP contribution in [0.5, 0.6) is 0 Å². The molecule has 0 atom stereocenters. The van der Waals surface area contributed by atoms with E-state index in [1.807, 2.05) is 24.3 Å². The highest BCUT2D eigenvalue weighted by atomic mass is 16.3. The average Bonchev–Trinajstić information content (AvgIpc) is 3.10. The van der Waals surface area contributed by atoms with Gasteiger partial charge in [0.05, 0.1) is 6.61 Å². The van der Waals surface area contributed by atoms with Crippen molar-refractivity contribution >= 4 is 6.03 Å². The first kappa shape index (κ1) is 11.0. The molecule has 16 heavy (non-hydrogen) atoms. The molecule has 0 spiro atoms. The summed E-state index contributed by atoms with van der Waals surface area (Å²) >= 11 is 0. The molecule has 86 valence electrons. The number of aliphatic hydroxyl groups excluding tert-OH is 1. The van der Waals surface area contributed by atoms with Gasteiger partial charge in [-0.2, -0.15) is 0 Å². The Morgan fingerprint density at radius 1 is 1.31 bits per heavy atom. The van der Waals surface area contributed by atoms with E-state index >= 15 is 0 Å². The maximum absolute atomic E-state index is 11.4. The molecular formula is C12H16N2O2. The molecule has 1 fully saturated rings. The molecule has 1 aliphatic carbocycles. The summed E-state index contributed by atoms with van der Waals surface area (Å²) in [5.74, 6) is 0. The van der Waals surface area contributed by atoms with Crippen molar-refractivity contribution in [3.05, 3.63) is 35.4 Å². The van der Waals surface area contributed by atoms with Crippen molar-refractivity contribution in [3.63, 3.8) is 0 Å². The fraction of sp³-hybridized carbons (Fsp3) is 0.417. The molecule has 1 aromatic carbocycles. The van der Waals surface area contributed by atoms with Crippen LogP contribution in [0.15, 0.2) is 24.3 Å². The van der Waals surface area contributed by atoms with Crippen LogP contribution in [-0.4, -0.2) is 17.2 Å². The summed E-state index contributed by atoms with van der Waals surface area (Å²) in [4.78, 5) is 11.4. The summed E-state index contributed by atoms with van der Waals surface area (Å²) in [5.41, 5.74) is 1.81. The van der Waals surface area contributed by atoms with Crippen molar-refractivity contribution in [2.24, 2.45) is 0 Å². The Bertz CT molecular complexity index is 375. The number of hydrogen-bond donors (Lipinski definition) is 3. The predicted octanol–water partition coefficient (Wildman–Crippen LogP) is 1.14. The molecule has 0 aromatic heterocycles. The highest BCUT2D eigenvalue weighted by molar-refractivity contribution is 5.74. The first-order chi connectivity index (χ1) is 7.79. The lowest BCUT2D eigenvalue weighted by Crippen LogP contribution is -2.36. The van der Waals surface area contributed by atoms with Gasteiger partial charge in [-0.05, 0) is 24.0 Å². The molecule has 4 heteroatoms. The van der Waals surface area contributed by atoms with Crippen molar-refractivity contribution in [3.8, 4) is 0 Å². The molecule has 2 amide bonds. The average molecular weight is 220 g/mol. The van der Waals surface area contributed by atoms with Crippen molar-refractivity contribution in [2.45, 2.75) is 32.0 Å². The Balaban J connectivity index is 1.85. The SMILES string of the molecule is O=C(NCc1ccccc1CO)NC1CC1. The monoisotopic (exact) mass is 220 g/mol. The Morgan fingerprint density at radius 3 is 2.62 bits per heavy atom. The molecular weight excluding hydrogens is 204 g/mol. The summed E-state index contributed by atoms with van der Waals surface area (Å²) < 4.78 is 0. The quantitative estimate of drug-likeness (QED) is 0.712. The molecule has 0 saturated heterocycles. The molecule has 0 bridgehead atoms. The third-order valence-electron chi connectivity index (χ3n) is 2.64. The maximum Gasteiger partial charge on any atom is 0.315 e. The van der Waals surface area contributed by atoms with Crippen LogP contribution in [0.25, 0.3) is 0 Å². The van der Waals surface area contributed by atoms with Crippen LogP contribution in [0.2, 0.25) is 0 Å². The molecule has 0 aliphatic heterocycles. The smallest absolute Gasteiger partial charge is 0.315 e. The number of amides is 2. The first-order valence-corrected chi connectivity index (χ1v) is 5.51. The lowest BCUT2D eigenvalue weighted by atomic mass is 10.1. The van der Waals surface area contributed by atoms with E-state index in [0.29, 0.717) is 12.6 Å². The van der Waals surface area contributed by atoms with Gasteiger partial charge in [-0.15, -0.1) is 0 Å². The standard InChI is InChI=1S/C12H16N2O2/c15-8-10-4-2-1-3-9(10)7-13-12(16)14-11-5-6-11/h1-4,11,15H,5-8H2,(H2,13,14,16). The van der Waals surface area contributed by atoms with E-state index in [-0.39, 0.29) is 12.6 Å². The molecule has 3 N–H and O–H groups in total. The van der Waals surface area contributed by atoms with E-state index in [1.54, 1.807) is 0 Å². The van der Waals surface area contributed by atoms with Gasteiger partial charge in [0, 0.05) is 12.6 Å². The molecule has 1 aromatic rings. The van der Waals surface area contributed by atoms with Gasteiger partial charge in [0.25, 0.3) is 0 Å². The van der Waals surface area contributed by atoms with E-state index in [2.05, 4.69) is 10.6 Å². The van der Waals surface area contributed by atoms with E-state index in [0.717, 1.165) is 24.0 Å². The Hall–Kier alpha value is -1.55. The zero-order valence-electron chi connectivity index (χ0n) is 9.07.